The fraction of sp³-hybridized carbons (Fsp3) is 0.190. The van der Waals surface area contributed by atoms with Crippen molar-refractivity contribution >= 4 is 43.0 Å². The molecule has 0 bridgehead atoms. The quantitative estimate of drug-likeness (QED) is 0.479. The van der Waals surface area contributed by atoms with Gasteiger partial charge in [0.1, 0.15) is 0 Å². The third kappa shape index (κ3) is 3.91. The third-order valence-electron chi connectivity index (χ3n) is 5.30. The molecule has 4 aromatic rings. The Morgan fingerprint density at radius 1 is 1.16 bits per heavy atom. The Bertz CT molecular complexity index is 1390. The number of benzene rings is 2. The topological polar surface area (TPSA) is 120 Å². The molecule has 0 saturated carbocycles. The molecule has 5 rings (SSSR count). The van der Waals surface area contributed by atoms with Gasteiger partial charge in [0.15, 0.2) is 15.5 Å². The summed E-state index contributed by atoms with van der Waals surface area (Å²) in [5.41, 5.74) is 11.6. The Morgan fingerprint density at radius 3 is 2.68 bits per heavy atom. The number of amides is 1. The molecule has 3 heterocycles. The fourth-order valence-corrected chi connectivity index (χ4v) is 6.15. The van der Waals surface area contributed by atoms with Gasteiger partial charge in [-0.05, 0) is 48.9 Å². The van der Waals surface area contributed by atoms with Crippen molar-refractivity contribution in [3.8, 4) is 16.9 Å². The molecule has 2 aromatic heterocycles. The van der Waals surface area contributed by atoms with Crippen LogP contribution >= 0.6 is 11.3 Å². The molecular formula is C21H19N5O3S2. The molecule has 158 valence electrons. The van der Waals surface area contributed by atoms with Crippen LogP contribution in [0.5, 0.6) is 0 Å². The Kier molecular flexibility index (Phi) is 4.75. The lowest BCUT2D eigenvalue weighted by molar-refractivity contribution is 0.0995. The number of hydrogen-bond acceptors (Lipinski definition) is 7. The second kappa shape index (κ2) is 7.47. The highest BCUT2D eigenvalue weighted by atomic mass is 32.2. The largest absolute Gasteiger partial charge is 0.381 e. The number of nitrogens with zero attached hydrogens (tertiary/aromatic N) is 3. The van der Waals surface area contributed by atoms with Crippen LogP contribution < -0.4 is 11.1 Å². The number of hydrogen-bond donors (Lipinski definition) is 2. The van der Waals surface area contributed by atoms with Gasteiger partial charge in [0.25, 0.3) is 5.91 Å². The van der Waals surface area contributed by atoms with Crippen molar-refractivity contribution in [3.63, 3.8) is 0 Å². The van der Waals surface area contributed by atoms with E-state index in [2.05, 4.69) is 15.4 Å². The smallest absolute Gasteiger partial charge is 0.269 e. The lowest BCUT2D eigenvalue weighted by Gasteiger charge is -2.13. The van der Waals surface area contributed by atoms with Crippen molar-refractivity contribution in [2.24, 2.45) is 5.73 Å². The number of nitrogens with one attached hydrogen (secondary N) is 1. The molecule has 0 aliphatic carbocycles. The zero-order valence-corrected chi connectivity index (χ0v) is 18.0. The van der Waals surface area contributed by atoms with E-state index in [1.54, 1.807) is 27.6 Å². The molecule has 1 amide bonds. The minimum absolute atomic E-state index is 0.0799. The summed E-state index contributed by atoms with van der Waals surface area (Å²) >= 11 is 1.54. The first kappa shape index (κ1) is 19.7. The van der Waals surface area contributed by atoms with Crippen LogP contribution in [0.3, 0.4) is 0 Å². The molecule has 10 heteroatoms. The average Bonchev–Trinajstić information content (AvgIpc) is 3.46. The highest BCUT2D eigenvalue weighted by molar-refractivity contribution is 7.91. The molecule has 31 heavy (non-hydrogen) atoms. The predicted molar refractivity (Wildman–Crippen MR) is 121 cm³/mol. The van der Waals surface area contributed by atoms with Gasteiger partial charge in [-0.1, -0.05) is 6.07 Å². The second-order valence-corrected chi connectivity index (χ2v) is 10.6. The van der Waals surface area contributed by atoms with Gasteiger partial charge < -0.3 is 11.1 Å². The number of sulfone groups is 1. The highest BCUT2D eigenvalue weighted by Crippen LogP contribution is 2.29. The lowest BCUT2D eigenvalue weighted by Crippen LogP contribution is -2.20. The summed E-state index contributed by atoms with van der Waals surface area (Å²) in [6, 6.07) is 15.0. The van der Waals surface area contributed by atoms with E-state index in [0.29, 0.717) is 6.42 Å². The number of rotatable bonds is 5. The third-order valence-corrected chi connectivity index (χ3v) is 7.86. The van der Waals surface area contributed by atoms with Gasteiger partial charge in [-0.3, -0.25) is 4.79 Å². The summed E-state index contributed by atoms with van der Waals surface area (Å²) in [4.78, 5) is 16.1. The van der Waals surface area contributed by atoms with Crippen LogP contribution in [-0.2, 0) is 9.84 Å². The summed E-state index contributed by atoms with van der Waals surface area (Å²) in [5.74, 6) is -0.223. The number of fused-ring (bicyclic) bond motifs is 1. The average molecular weight is 454 g/mol. The molecule has 3 N–H and O–H groups in total. The number of carbonyl (C=O) groups excluding carboxylic acids is 1. The van der Waals surface area contributed by atoms with Gasteiger partial charge in [0.05, 0.1) is 38.6 Å². The summed E-state index contributed by atoms with van der Waals surface area (Å²) in [6.07, 6.45) is 0.607. The van der Waals surface area contributed by atoms with E-state index >= 15 is 0 Å². The van der Waals surface area contributed by atoms with Gasteiger partial charge in [-0.2, -0.15) is 5.10 Å². The van der Waals surface area contributed by atoms with Crippen molar-refractivity contribution in [2.45, 2.75) is 12.5 Å². The first-order valence-electron chi connectivity index (χ1n) is 9.69. The summed E-state index contributed by atoms with van der Waals surface area (Å²) in [5, 5.41) is 7.68. The maximum absolute atomic E-state index is 11.8. The number of aromatic nitrogens is 3. The molecule has 1 unspecified atom stereocenters. The van der Waals surface area contributed by atoms with Crippen LogP contribution in [-0.4, -0.2) is 46.6 Å². The van der Waals surface area contributed by atoms with Crippen molar-refractivity contribution < 1.29 is 13.2 Å². The molecule has 0 radical (unpaired) electrons. The first-order valence-corrected chi connectivity index (χ1v) is 12.4. The number of carbonyl (C=O) groups is 1. The summed E-state index contributed by atoms with van der Waals surface area (Å²) in [6.45, 7) is 0. The molecule has 1 saturated heterocycles. The highest BCUT2D eigenvalue weighted by Gasteiger charge is 2.27. The van der Waals surface area contributed by atoms with E-state index in [4.69, 9.17) is 5.73 Å². The molecule has 1 atom stereocenters. The molecule has 1 aliphatic heterocycles. The number of anilines is 1. The maximum atomic E-state index is 11.8. The fourth-order valence-electron chi connectivity index (χ4n) is 3.76. The van der Waals surface area contributed by atoms with Crippen LogP contribution in [0.4, 0.5) is 5.69 Å². The normalized spacial score (nSPS) is 17.7. The Balaban J connectivity index is 1.48. The van der Waals surface area contributed by atoms with Crippen molar-refractivity contribution in [1.82, 2.24) is 14.8 Å². The zero-order valence-electron chi connectivity index (χ0n) is 16.4. The van der Waals surface area contributed by atoms with Gasteiger partial charge in [0, 0.05) is 17.3 Å². The number of primary amides is 1. The standard InChI is InChI=1S/C21H19N5O3S2/c22-21(27)18-10-19(13-1-6-17-20(9-13)30-12-23-17)26(25-18)16-4-2-14(3-5-16)24-15-7-8-31(28,29)11-15/h1-6,9-10,12,15,24H,7-8,11H2,(H2,22,27). The zero-order chi connectivity index (χ0) is 21.6. The maximum Gasteiger partial charge on any atom is 0.269 e. The number of nitrogens with two attached hydrogens (primary N) is 1. The van der Waals surface area contributed by atoms with Crippen LogP contribution in [0.1, 0.15) is 16.9 Å². The van der Waals surface area contributed by atoms with Gasteiger partial charge in [0.2, 0.25) is 0 Å². The SMILES string of the molecule is NC(=O)c1cc(-c2ccc3ncsc3c2)n(-c2ccc(NC3CCS(=O)(=O)C3)cc2)n1. The van der Waals surface area contributed by atoms with Crippen LogP contribution in [0.15, 0.2) is 54.0 Å². The molecule has 8 nitrogen and oxygen atoms in total. The Hall–Kier alpha value is -3.24. The van der Waals surface area contributed by atoms with Gasteiger partial charge in [-0.25, -0.2) is 18.1 Å². The van der Waals surface area contributed by atoms with Gasteiger partial charge in [-0.15, -0.1) is 11.3 Å². The summed E-state index contributed by atoms with van der Waals surface area (Å²) in [7, 11) is -2.94. The van der Waals surface area contributed by atoms with Crippen molar-refractivity contribution in [2.75, 3.05) is 16.8 Å². The Labute approximate surface area is 182 Å². The Morgan fingerprint density at radius 2 is 1.97 bits per heavy atom. The van der Waals surface area contributed by atoms with E-state index < -0.39 is 15.7 Å². The molecule has 0 spiro atoms. The molecular weight excluding hydrogens is 434 g/mol. The molecule has 1 fully saturated rings. The molecule has 2 aromatic carbocycles. The summed E-state index contributed by atoms with van der Waals surface area (Å²) < 4.78 is 26.1. The predicted octanol–water partition coefficient (Wildman–Crippen LogP) is 2.85. The van der Waals surface area contributed by atoms with E-state index in [-0.39, 0.29) is 23.2 Å². The van der Waals surface area contributed by atoms with E-state index in [9.17, 15) is 13.2 Å². The monoisotopic (exact) mass is 453 g/mol. The molecule has 1 aliphatic rings. The van der Waals surface area contributed by atoms with Crippen LogP contribution in [0.25, 0.3) is 27.2 Å². The first-order chi connectivity index (χ1) is 14.9. The minimum Gasteiger partial charge on any atom is -0.381 e. The second-order valence-electron chi connectivity index (χ2n) is 7.52. The lowest BCUT2D eigenvalue weighted by atomic mass is 10.1. The van der Waals surface area contributed by atoms with E-state index in [0.717, 1.165) is 32.8 Å². The number of thiazole rings is 1. The van der Waals surface area contributed by atoms with E-state index in [1.807, 2.05) is 42.5 Å². The van der Waals surface area contributed by atoms with Gasteiger partial charge >= 0.3 is 0 Å². The van der Waals surface area contributed by atoms with Crippen molar-refractivity contribution in [1.29, 1.82) is 0 Å². The van der Waals surface area contributed by atoms with E-state index in [1.165, 1.54) is 0 Å². The van der Waals surface area contributed by atoms with Crippen LogP contribution in [0.2, 0.25) is 0 Å². The minimum atomic E-state index is -2.94. The van der Waals surface area contributed by atoms with Crippen LogP contribution in [0, 0.1) is 0 Å². The van der Waals surface area contributed by atoms with Crippen molar-refractivity contribution in [3.05, 3.63) is 59.7 Å².